The number of aromatic amines is 2. The summed E-state index contributed by atoms with van der Waals surface area (Å²) in [6.07, 6.45) is 10.2. The van der Waals surface area contributed by atoms with Crippen LogP contribution in [0.3, 0.4) is 0 Å². The number of nitrogens with zero attached hydrogens (tertiary/aromatic N) is 3. The number of morpholine rings is 1. The SMILES string of the molecule is CC(NC(=O)N1CCOCC1)[C@@H]1NC(=O)[C@H](Cc2c[nH]c3ccccc23)NC(=O)C2(CCCC2)NC(=O)[C@H](Cc2c[nH]c3ccccc23)NC(=O)[C@@H]2C[C@@H]3CCCC[C@@H]3N2C(=O)[C@H]2CCCN2C1=O. The van der Waals surface area contributed by atoms with E-state index in [0.717, 1.165) is 52.2 Å². The molecule has 1 unspecified atom stereocenters. The van der Waals surface area contributed by atoms with Crippen LogP contribution in [0.15, 0.2) is 60.9 Å². The Hall–Kier alpha value is -6.43. The first-order chi connectivity index (χ1) is 33.5. The molecular formula is C51H64N10O8. The van der Waals surface area contributed by atoms with E-state index in [-0.39, 0.29) is 50.1 Å². The first kappa shape index (κ1) is 46.3. The van der Waals surface area contributed by atoms with Gasteiger partial charge in [-0.1, -0.05) is 62.1 Å². The summed E-state index contributed by atoms with van der Waals surface area (Å²) < 4.78 is 5.47. The number of benzene rings is 2. The fourth-order valence-electron chi connectivity index (χ4n) is 12.2. The van der Waals surface area contributed by atoms with Gasteiger partial charge in [0.2, 0.25) is 35.4 Å². The van der Waals surface area contributed by atoms with Gasteiger partial charge in [0.05, 0.1) is 19.3 Å². The first-order valence-electron chi connectivity index (χ1n) is 25.1. The van der Waals surface area contributed by atoms with E-state index in [0.29, 0.717) is 64.8 Å². The van der Waals surface area contributed by atoms with E-state index in [2.05, 4.69) is 36.6 Å². The zero-order chi connectivity index (χ0) is 47.8. The summed E-state index contributed by atoms with van der Waals surface area (Å²) in [5, 5.41) is 16.9. The van der Waals surface area contributed by atoms with Gasteiger partial charge in [-0.15, -0.1) is 0 Å². The molecule has 2 saturated carbocycles. The second-order valence-electron chi connectivity index (χ2n) is 20.1. The Morgan fingerprint density at radius 3 is 2.03 bits per heavy atom. The molecular weight excluding hydrogens is 881 g/mol. The smallest absolute Gasteiger partial charge is 0.317 e. The number of fused-ring (bicyclic) bond motifs is 6. The highest BCUT2D eigenvalue weighted by Crippen LogP contribution is 2.41. The molecule has 366 valence electrons. The molecule has 6 heterocycles. The van der Waals surface area contributed by atoms with E-state index in [4.69, 9.17) is 4.74 Å². The average Bonchev–Trinajstić information content (AvgIpc) is 4.23. The highest BCUT2D eigenvalue weighted by Gasteiger charge is 2.53. The van der Waals surface area contributed by atoms with Crippen LogP contribution in [0.5, 0.6) is 0 Å². The van der Waals surface area contributed by atoms with E-state index < -0.39 is 77.4 Å². The minimum Gasteiger partial charge on any atom is -0.378 e. The number of urea groups is 1. The quantitative estimate of drug-likeness (QED) is 0.152. The summed E-state index contributed by atoms with van der Waals surface area (Å²) in [5.41, 5.74) is 1.80. The second kappa shape index (κ2) is 19.5. The van der Waals surface area contributed by atoms with Gasteiger partial charge in [-0.2, -0.15) is 0 Å². The molecule has 6 aliphatic rings. The molecule has 7 N–H and O–H groups in total. The monoisotopic (exact) mass is 944 g/mol. The number of carbonyl (C=O) groups is 7. The Bertz CT molecular complexity index is 2620. The molecule has 0 radical (unpaired) electrons. The van der Waals surface area contributed by atoms with Crippen LogP contribution in [0.25, 0.3) is 21.8 Å². The van der Waals surface area contributed by atoms with Gasteiger partial charge >= 0.3 is 6.03 Å². The number of aromatic nitrogens is 2. The lowest BCUT2D eigenvalue weighted by Crippen LogP contribution is -2.67. The van der Waals surface area contributed by atoms with Crippen molar-refractivity contribution in [2.45, 2.75) is 138 Å². The van der Waals surface area contributed by atoms with Crippen LogP contribution in [0, 0.1) is 5.92 Å². The van der Waals surface area contributed by atoms with Crippen molar-refractivity contribution in [1.82, 2.24) is 51.3 Å². The maximum Gasteiger partial charge on any atom is 0.317 e. The molecule has 69 heavy (non-hydrogen) atoms. The van der Waals surface area contributed by atoms with Crippen molar-refractivity contribution in [3.8, 4) is 0 Å². The fourth-order valence-corrected chi connectivity index (χ4v) is 12.2. The molecule has 10 rings (SSSR count). The van der Waals surface area contributed by atoms with Gasteiger partial charge in [0, 0.05) is 72.7 Å². The number of rotatable bonds is 6. The molecule has 8 atom stereocenters. The number of ether oxygens (including phenoxy) is 1. The lowest BCUT2D eigenvalue weighted by molar-refractivity contribution is -0.150. The third kappa shape index (κ3) is 9.14. The largest absolute Gasteiger partial charge is 0.378 e. The number of H-pyrrole nitrogens is 2. The van der Waals surface area contributed by atoms with Crippen LogP contribution >= 0.6 is 0 Å². The van der Waals surface area contributed by atoms with E-state index in [1.54, 1.807) is 22.9 Å². The molecule has 18 nitrogen and oxygen atoms in total. The van der Waals surface area contributed by atoms with Crippen LogP contribution in [0.4, 0.5) is 4.79 Å². The third-order valence-corrected chi connectivity index (χ3v) is 15.9. The molecule has 18 heteroatoms. The predicted octanol–water partition coefficient (Wildman–Crippen LogP) is 2.91. The van der Waals surface area contributed by atoms with Crippen molar-refractivity contribution in [3.63, 3.8) is 0 Å². The molecule has 2 aromatic carbocycles. The number of nitrogens with one attached hydrogen (secondary N) is 7. The van der Waals surface area contributed by atoms with Crippen molar-refractivity contribution < 1.29 is 38.3 Å². The highest BCUT2D eigenvalue weighted by atomic mass is 16.5. The Labute approximate surface area is 400 Å². The highest BCUT2D eigenvalue weighted by molar-refractivity contribution is 6.01. The first-order valence-corrected chi connectivity index (χ1v) is 25.1. The minimum absolute atomic E-state index is 0.0179. The molecule has 4 aliphatic heterocycles. The maximum absolute atomic E-state index is 15.3. The lowest BCUT2D eigenvalue weighted by Gasteiger charge is -2.39. The van der Waals surface area contributed by atoms with Crippen LogP contribution in [-0.4, -0.2) is 147 Å². The zero-order valence-electron chi connectivity index (χ0n) is 39.2. The third-order valence-electron chi connectivity index (χ3n) is 15.9. The van der Waals surface area contributed by atoms with Gasteiger partial charge < -0.3 is 56.0 Å². The van der Waals surface area contributed by atoms with Crippen LogP contribution in [-0.2, 0) is 46.3 Å². The van der Waals surface area contributed by atoms with Crippen molar-refractivity contribution >= 4 is 63.3 Å². The molecule has 4 aromatic rings. The summed E-state index contributed by atoms with van der Waals surface area (Å²) in [6, 6.07) is 8.10. The minimum atomic E-state index is -1.44. The summed E-state index contributed by atoms with van der Waals surface area (Å²) >= 11 is 0. The van der Waals surface area contributed by atoms with E-state index in [1.165, 1.54) is 4.90 Å². The molecule has 1 spiro atoms. The number of carbonyl (C=O) groups excluding carboxylic acids is 7. The van der Waals surface area contributed by atoms with Crippen molar-refractivity contribution in [2.24, 2.45) is 5.92 Å². The van der Waals surface area contributed by atoms with Crippen LogP contribution < -0.4 is 26.6 Å². The van der Waals surface area contributed by atoms with Gasteiger partial charge in [-0.3, -0.25) is 28.8 Å². The summed E-state index contributed by atoms with van der Waals surface area (Å²) in [7, 11) is 0. The average molecular weight is 945 g/mol. The van der Waals surface area contributed by atoms with Gasteiger partial charge in [0.1, 0.15) is 35.7 Å². The van der Waals surface area contributed by atoms with Crippen molar-refractivity contribution in [2.75, 3.05) is 32.8 Å². The predicted molar refractivity (Wildman–Crippen MR) is 255 cm³/mol. The Morgan fingerprint density at radius 2 is 1.35 bits per heavy atom. The molecule has 0 bridgehead atoms. The Morgan fingerprint density at radius 1 is 0.710 bits per heavy atom. The molecule has 6 fully saturated rings. The van der Waals surface area contributed by atoms with Crippen LogP contribution in [0.2, 0.25) is 0 Å². The Balaban J connectivity index is 1.05. The topological polar surface area (TPSA) is 230 Å². The normalized spacial score (nSPS) is 28.6. The van der Waals surface area contributed by atoms with E-state index >= 15 is 28.8 Å². The van der Waals surface area contributed by atoms with E-state index in [1.807, 2.05) is 54.7 Å². The number of para-hydroxylation sites is 2. The second-order valence-corrected chi connectivity index (χ2v) is 20.1. The van der Waals surface area contributed by atoms with Gasteiger partial charge in [-0.05, 0) is 81.0 Å². The van der Waals surface area contributed by atoms with Crippen LogP contribution in [0.1, 0.15) is 88.7 Å². The standard InChI is InChI=1S/C51H64N10O8/c1-30(54-50(68)59-21-23-69-24-22-59)43-48(66)60-20-10-17-41(60)47(65)61-40-16-7-2-11-31(40)27-42(61)46(64)55-39(26-33-29-53-37-15-6-4-13-35(33)37)45(63)58-51(18-8-9-19-51)49(67)56-38(44(62)57-43)25-32-28-52-36-14-5-3-12-34(32)36/h3-6,12-15,28-31,38-43,52-53H,2,7-11,16-27H2,1H3,(H,54,68)(H,55,64)(H,56,67)(H,57,62)(H,58,63)/t30?,31-,38-,39-,40-,41+,42-,43-/m0/s1. The summed E-state index contributed by atoms with van der Waals surface area (Å²) in [5.74, 6) is -3.06. The lowest BCUT2D eigenvalue weighted by atomic mass is 9.84. The number of hydrogen-bond acceptors (Lipinski definition) is 8. The van der Waals surface area contributed by atoms with Gasteiger partial charge in [-0.25, -0.2) is 4.79 Å². The van der Waals surface area contributed by atoms with E-state index in [9.17, 15) is 4.79 Å². The van der Waals surface area contributed by atoms with Gasteiger partial charge in [0.25, 0.3) is 0 Å². The molecule has 4 saturated heterocycles. The zero-order valence-corrected chi connectivity index (χ0v) is 39.2. The number of amides is 8. The molecule has 2 aromatic heterocycles. The van der Waals surface area contributed by atoms with Crippen molar-refractivity contribution in [1.29, 1.82) is 0 Å². The molecule has 2 aliphatic carbocycles. The maximum atomic E-state index is 15.3. The van der Waals surface area contributed by atoms with Crippen molar-refractivity contribution in [3.05, 3.63) is 72.1 Å². The molecule has 8 amide bonds. The Kier molecular flexibility index (Phi) is 13.1. The fraction of sp³-hybridized carbons (Fsp3) is 0.549. The van der Waals surface area contributed by atoms with Gasteiger partial charge in [0.15, 0.2) is 0 Å². The summed E-state index contributed by atoms with van der Waals surface area (Å²) in [6.45, 7) is 3.28. The summed E-state index contributed by atoms with van der Waals surface area (Å²) in [4.78, 5) is 116. The number of hydrogen-bond donors (Lipinski definition) is 7.